The number of phenolic OH excluding ortho intramolecular Hbond substituents is 1. The third-order valence-electron chi connectivity index (χ3n) is 2.45. The second-order valence-electron chi connectivity index (χ2n) is 3.79. The van der Waals surface area contributed by atoms with Crippen LogP contribution in [0.25, 0.3) is 0 Å². The molecule has 18 heavy (non-hydrogen) atoms. The number of aromatic nitrogens is 1. The van der Waals surface area contributed by atoms with Gasteiger partial charge in [-0.05, 0) is 52.7 Å². The molecule has 0 aliphatic rings. The van der Waals surface area contributed by atoms with Crippen LogP contribution >= 0.6 is 15.9 Å². The topological polar surface area (TPSA) is 62.2 Å². The smallest absolute Gasteiger partial charge is 0.256 e. The Hall–Kier alpha value is -1.88. The van der Waals surface area contributed by atoms with Crippen LogP contribution in [0.5, 0.6) is 5.75 Å². The van der Waals surface area contributed by atoms with E-state index in [0.717, 1.165) is 5.56 Å². The average Bonchev–Trinajstić information content (AvgIpc) is 2.35. The molecule has 0 saturated heterocycles. The molecular weight excluding hydrogens is 296 g/mol. The van der Waals surface area contributed by atoms with E-state index in [1.165, 1.54) is 6.07 Å². The molecule has 0 fully saturated rings. The molecule has 2 N–H and O–H groups in total. The van der Waals surface area contributed by atoms with Crippen LogP contribution in [-0.4, -0.2) is 16.0 Å². The van der Waals surface area contributed by atoms with Crippen LogP contribution in [0.15, 0.2) is 41.0 Å². The first-order valence-corrected chi connectivity index (χ1v) is 6.08. The number of hydrogen-bond donors (Lipinski definition) is 2. The summed E-state index contributed by atoms with van der Waals surface area (Å²) in [6.07, 6.45) is 1.61. The highest BCUT2D eigenvalue weighted by atomic mass is 79.9. The standard InChI is InChI=1S/C13H11BrN2O2/c1-8-3-2-6-15-12(8)16-13(18)9-4-5-10(14)11(17)7-9/h2-7,17H,1H3,(H,15,16,18). The zero-order valence-corrected chi connectivity index (χ0v) is 11.2. The zero-order chi connectivity index (χ0) is 13.1. The SMILES string of the molecule is Cc1cccnc1NC(=O)c1ccc(Br)c(O)c1. The van der Waals surface area contributed by atoms with Crippen LogP contribution in [0, 0.1) is 6.92 Å². The van der Waals surface area contributed by atoms with Crippen molar-refractivity contribution in [2.45, 2.75) is 6.92 Å². The predicted molar refractivity (Wildman–Crippen MR) is 72.7 cm³/mol. The van der Waals surface area contributed by atoms with Gasteiger partial charge in [0.05, 0.1) is 4.47 Å². The van der Waals surface area contributed by atoms with Crippen molar-refractivity contribution in [2.75, 3.05) is 5.32 Å². The van der Waals surface area contributed by atoms with Crippen LogP contribution in [0.2, 0.25) is 0 Å². The molecule has 0 aliphatic heterocycles. The number of carbonyl (C=O) groups is 1. The molecule has 1 heterocycles. The second-order valence-corrected chi connectivity index (χ2v) is 4.64. The number of phenols is 1. The van der Waals surface area contributed by atoms with Gasteiger partial charge in [-0.1, -0.05) is 6.07 Å². The molecule has 2 aromatic rings. The van der Waals surface area contributed by atoms with E-state index >= 15 is 0 Å². The first-order valence-electron chi connectivity index (χ1n) is 5.29. The second kappa shape index (κ2) is 5.18. The van der Waals surface area contributed by atoms with Crippen LogP contribution < -0.4 is 5.32 Å². The minimum Gasteiger partial charge on any atom is -0.507 e. The fraction of sp³-hybridized carbons (Fsp3) is 0.0769. The first kappa shape index (κ1) is 12.6. The molecule has 5 heteroatoms. The Morgan fingerprint density at radius 3 is 2.83 bits per heavy atom. The minimum atomic E-state index is -0.306. The van der Waals surface area contributed by atoms with Gasteiger partial charge in [-0.2, -0.15) is 0 Å². The van der Waals surface area contributed by atoms with E-state index in [0.29, 0.717) is 15.9 Å². The number of anilines is 1. The van der Waals surface area contributed by atoms with E-state index in [1.807, 2.05) is 13.0 Å². The molecule has 92 valence electrons. The lowest BCUT2D eigenvalue weighted by molar-refractivity contribution is 0.102. The summed E-state index contributed by atoms with van der Waals surface area (Å²) < 4.78 is 0.549. The summed E-state index contributed by atoms with van der Waals surface area (Å²) in [6, 6.07) is 8.31. The maximum atomic E-state index is 12.0. The third kappa shape index (κ3) is 2.68. The largest absolute Gasteiger partial charge is 0.507 e. The molecule has 4 nitrogen and oxygen atoms in total. The number of aryl methyl sites for hydroxylation is 1. The van der Waals surface area contributed by atoms with Gasteiger partial charge in [0.15, 0.2) is 0 Å². The molecule has 0 unspecified atom stereocenters. The minimum absolute atomic E-state index is 0.0281. The van der Waals surface area contributed by atoms with E-state index in [9.17, 15) is 9.90 Å². The van der Waals surface area contributed by atoms with Crippen molar-refractivity contribution in [1.29, 1.82) is 0 Å². The number of aromatic hydroxyl groups is 1. The van der Waals surface area contributed by atoms with Crippen LogP contribution in [0.4, 0.5) is 5.82 Å². The van der Waals surface area contributed by atoms with Gasteiger partial charge in [0.1, 0.15) is 11.6 Å². The number of halogens is 1. The van der Waals surface area contributed by atoms with Crippen molar-refractivity contribution >= 4 is 27.7 Å². The number of carbonyl (C=O) groups excluding carboxylic acids is 1. The van der Waals surface area contributed by atoms with Crippen molar-refractivity contribution in [3.8, 4) is 5.75 Å². The van der Waals surface area contributed by atoms with Crippen molar-refractivity contribution < 1.29 is 9.90 Å². The van der Waals surface area contributed by atoms with Crippen molar-refractivity contribution in [2.24, 2.45) is 0 Å². The molecule has 0 saturated carbocycles. The zero-order valence-electron chi connectivity index (χ0n) is 9.64. The molecule has 0 aliphatic carbocycles. The lowest BCUT2D eigenvalue weighted by Crippen LogP contribution is -2.13. The first-order chi connectivity index (χ1) is 8.58. The van der Waals surface area contributed by atoms with E-state index < -0.39 is 0 Å². The summed E-state index contributed by atoms with van der Waals surface area (Å²) in [5, 5.41) is 12.2. The maximum Gasteiger partial charge on any atom is 0.256 e. The number of amides is 1. The Kier molecular flexibility index (Phi) is 3.62. The van der Waals surface area contributed by atoms with E-state index in [2.05, 4.69) is 26.2 Å². The highest BCUT2D eigenvalue weighted by Gasteiger charge is 2.10. The Morgan fingerprint density at radius 2 is 2.17 bits per heavy atom. The lowest BCUT2D eigenvalue weighted by Gasteiger charge is -2.07. The van der Waals surface area contributed by atoms with Crippen LogP contribution in [-0.2, 0) is 0 Å². The number of nitrogens with one attached hydrogen (secondary N) is 1. The number of rotatable bonds is 2. The number of benzene rings is 1. The van der Waals surface area contributed by atoms with E-state index in [-0.39, 0.29) is 11.7 Å². The summed E-state index contributed by atoms with van der Waals surface area (Å²) in [7, 11) is 0. The maximum absolute atomic E-state index is 12.0. The fourth-order valence-electron chi connectivity index (χ4n) is 1.45. The van der Waals surface area contributed by atoms with Gasteiger partial charge in [-0.3, -0.25) is 4.79 Å². The fourth-order valence-corrected chi connectivity index (χ4v) is 1.70. The molecule has 0 bridgehead atoms. The summed E-state index contributed by atoms with van der Waals surface area (Å²) >= 11 is 3.16. The number of nitrogens with zero attached hydrogens (tertiary/aromatic N) is 1. The molecule has 0 spiro atoms. The van der Waals surface area contributed by atoms with E-state index in [1.54, 1.807) is 24.4 Å². The average molecular weight is 307 g/mol. The summed E-state index contributed by atoms with van der Waals surface area (Å²) in [5.41, 5.74) is 1.26. The third-order valence-corrected chi connectivity index (χ3v) is 3.12. The highest BCUT2D eigenvalue weighted by molar-refractivity contribution is 9.10. The summed E-state index contributed by atoms with van der Waals surface area (Å²) in [4.78, 5) is 16.0. The van der Waals surface area contributed by atoms with Gasteiger partial charge in [-0.15, -0.1) is 0 Å². The van der Waals surface area contributed by atoms with E-state index in [4.69, 9.17) is 0 Å². The van der Waals surface area contributed by atoms with Crippen LogP contribution in [0.1, 0.15) is 15.9 Å². The normalized spacial score (nSPS) is 10.1. The molecular formula is C13H11BrN2O2. The lowest BCUT2D eigenvalue weighted by atomic mass is 10.2. The molecule has 1 aromatic heterocycles. The Balaban J connectivity index is 2.22. The molecule has 0 atom stereocenters. The number of hydrogen-bond acceptors (Lipinski definition) is 3. The van der Waals surface area contributed by atoms with Gasteiger partial charge in [0, 0.05) is 11.8 Å². The van der Waals surface area contributed by atoms with Crippen molar-refractivity contribution in [3.05, 3.63) is 52.1 Å². The highest BCUT2D eigenvalue weighted by Crippen LogP contribution is 2.24. The molecule has 1 amide bonds. The molecule has 0 radical (unpaired) electrons. The van der Waals surface area contributed by atoms with Gasteiger partial charge in [-0.25, -0.2) is 4.98 Å². The van der Waals surface area contributed by atoms with Crippen LogP contribution in [0.3, 0.4) is 0 Å². The Bertz CT molecular complexity index is 599. The molecule has 2 rings (SSSR count). The van der Waals surface area contributed by atoms with Gasteiger partial charge < -0.3 is 10.4 Å². The Morgan fingerprint density at radius 1 is 1.39 bits per heavy atom. The van der Waals surface area contributed by atoms with Crippen molar-refractivity contribution in [1.82, 2.24) is 4.98 Å². The van der Waals surface area contributed by atoms with Gasteiger partial charge in [0.2, 0.25) is 0 Å². The Labute approximate surface area is 113 Å². The predicted octanol–water partition coefficient (Wildman–Crippen LogP) is 3.11. The quantitative estimate of drug-likeness (QED) is 0.896. The van der Waals surface area contributed by atoms with Gasteiger partial charge in [0.25, 0.3) is 5.91 Å². The molecule has 1 aromatic carbocycles. The van der Waals surface area contributed by atoms with Crippen molar-refractivity contribution in [3.63, 3.8) is 0 Å². The summed E-state index contributed by atoms with van der Waals surface area (Å²) in [6.45, 7) is 1.86. The van der Waals surface area contributed by atoms with Gasteiger partial charge >= 0.3 is 0 Å². The summed E-state index contributed by atoms with van der Waals surface area (Å²) in [5.74, 6) is 0.241. The monoisotopic (exact) mass is 306 g/mol. The number of pyridine rings is 1.